The molecule has 0 bridgehead atoms. The molecule has 1 heterocycles. The molecular formula is C20H20N2O4S. The molecule has 3 aromatic rings. The zero-order chi connectivity index (χ0) is 19.4. The van der Waals surface area contributed by atoms with E-state index in [2.05, 4.69) is 10.3 Å². The lowest BCUT2D eigenvalue weighted by Crippen LogP contribution is -2.11. The Balaban J connectivity index is 1.78. The zero-order valence-electron chi connectivity index (χ0n) is 15.3. The van der Waals surface area contributed by atoms with E-state index < -0.39 is 0 Å². The van der Waals surface area contributed by atoms with E-state index in [0.29, 0.717) is 34.1 Å². The van der Waals surface area contributed by atoms with Gasteiger partial charge in [0, 0.05) is 5.56 Å². The van der Waals surface area contributed by atoms with Crippen LogP contribution in [0.3, 0.4) is 0 Å². The number of amides is 1. The Morgan fingerprint density at radius 3 is 2.70 bits per heavy atom. The van der Waals surface area contributed by atoms with Crippen molar-refractivity contribution in [3.63, 3.8) is 0 Å². The highest BCUT2D eigenvalue weighted by Crippen LogP contribution is 2.28. The Morgan fingerprint density at radius 1 is 1.15 bits per heavy atom. The smallest absolute Gasteiger partial charge is 0.338 e. The van der Waals surface area contributed by atoms with Gasteiger partial charge in [0.05, 0.1) is 28.5 Å². The van der Waals surface area contributed by atoms with Crippen molar-refractivity contribution in [1.82, 2.24) is 4.98 Å². The van der Waals surface area contributed by atoms with Gasteiger partial charge in [0.25, 0.3) is 5.91 Å². The van der Waals surface area contributed by atoms with Gasteiger partial charge in [-0.05, 0) is 57.2 Å². The minimum atomic E-state index is -0.376. The lowest BCUT2D eigenvalue weighted by atomic mass is 10.2. The monoisotopic (exact) mass is 384 g/mol. The van der Waals surface area contributed by atoms with E-state index in [1.165, 1.54) is 11.3 Å². The Kier molecular flexibility index (Phi) is 5.71. The van der Waals surface area contributed by atoms with Crippen LogP contribution in [0, 0.1) is 0 Å². The van der Waals surface area contributed by atoms with Crippen molar-refractivity contribution < 1.29 is 19.1 Å². The van der Waals surface area contributed by atoms with E-state index in [1.54, 1.807) is 56.3 Å². The fourth-order valence-electron chi connectivity index (χ4n) is 2.45. The van der Waals surface area contributed by atoms with Crippen LogP contribution in [0.1, 0.15) is 41.5 Å². The third-order valence-corrected chi connectivity index (χ3v) is 4.53. The fraction of sp³-hybridized carbons (Fsp3) is 0.250. The second-order valence-corrected chi connectivity index (χ2v) is 7.10. The highest BCUT2D eigenvalue weighted by atomic mass is 32.1. The molecule has 0 spiro atoms. The average molecular weight is 384 g/mol. The van der Waals surface area contributed by atoms with Crippen molar-refractivity contribution in [2.24, 2.45) is 0 Å². The van der Waals surface area contributed by atoms with Crippen LogP contribution in [0.15, 0.2) is 42.5 Å². The van der Waals surface area contributed by atoms with Gasteiger partial charge in [-0.15, -0.1) is 0 Å². The largest absolute Gasteiger partial charge is 0.494 e. The van der Waals surface area contributed by atoms with E-state index in [-0.39, 0.29) is 18.0 Å². The molecule has 2 aromatic carbocycles. The minimum absolute atomic E-state index is 0.183. The van der Waals surface area contributed by atoms with Gasteiger partial charge >= 0.3 is 5.97 Å². The molecule has 0 saturated carbocycles. The summed E-state index contributed by atoms with van der Waals surface area (Å²) in [7, 11) is 0. The van der Waals surface area contributed by atoms with Gasteiger partial charge in [0.1, 0.15) is 5.75 Å². The summed E-state index contributed by atoms with van der Waals surface area (Å²) in [4.78, 5) is 28.9. The van der Waals surface area contributed by atoms with Crippen molar-refractivity contribution >= 4 is 38.6 Å². The number of carbonyl (C=O) groups excluding carboxylic acids is 2. The van der Waals surface area contributed by atoms with E-state index in [4.69, 9.17) is 9.47 Å². The van der Waals surface area contributed by atoms with Crippen molar-refractivity contribution in [2.45, 2.75) is 26.9 Å². The van der Waals surface area contributed by atoms with Gasteiger partial charge in [-0.2, -0.15) is 0 Å². The molecule has 0 saturated heterocycles. The van der Waals surface area contributed by atoms with Crippen molar-refractivity contribution in [2.75, 3.05) is 11.9 Å². The number of aromatic nitrogens is 1. The van der Waals surface area contributed by atoms with Crippen LogP contribution in [-0.2, 0) is 4.74 Å². The Labute approximate surface area is 161 Å². The van der Waals surface area contributed by atoms with Crippen LogP contribution in [0.2, 0.25) is 0 Å². The maximum absolute atomic E-state index is 12.5. The lowest BCUT2D eigenvalue weighted by molar-refractivity contribution is 0.0378. The van der Waals surface area contributed by atoms with Crippen LogP contribution in [0.5, 0.6) is 5.75 Å². The number of hydrogen-bond acceptors (Lipinski definition) is 6. The summed E-state index contributed by atoms with van der Waals surface area (Å²) >= 11 is 1.30. The van der Waals surface area contributed by atoms with Crippen LogP contribution in [-0.4, -0.2) is 29.6 Å². The average Bonchev–Trinajstić information content (AvgIpc) is 3.03. The standard InChI is InChI=1S/C20H20N2O4S/c1-4-25-15-7-5-6-13(10-15)18(23)22-20-21-16-9-8-14(11-17(16)27-20)19(24)26-12(2)3/h5-12H,4H2,1-3H3,(H,21,22,23). The molecule has 0 unspecified atom stereocenters. The molecule has 1 aromatic heterocycles. The summed E-state index contributed by atoms with van der Waals surface area (Å²) < 4.78 is 11.4. The highest BCUT2D eigenvalue weighted by molar-refractivity contribution is 7.22. The first-order valence-electron chi connectivity index (χ1n) is 8.62. The molecule has 6 nitrogen and oxygen atoms in total. The number of esters is 1. The third-order valence-electron chi connectivity index (χ3n) is 3.59. The van der Waals surface area contributed by atoms with Gasteiger partial charge < -0.3 is 9.47 Å². The predicted octanol–water partition coefficient (Wildman–Crippen LogP) is 4.51. The first kappa shape index (κ1) is 18.8. The second kappa shape index (κ2) is 8.18. The van der Waals surface area contributed by atoms with E-state index in [0.717, 1.165) is 4.70 Å². The van der Waals surface area contributed by atoms with Gasteiger partial charge in [-0.25, -0.2) is 9.78 Å². The van der Waals surface area contributed by atoms with E-state index in [9.17, 15) is 9.59 Å². The first-order valence-corrected chi connectivity index (χ1v) is 9.43. The molecule has 0 radical (unpaired) electrons. The Hall–Kier alpha value is -2.93. The van der Waals surface area contributed by atoms with Crippen LogP contribution in [0.25, 0.3) is 10.2 Å². The molecule has 0 aliphatic carbocycles. The number of hydrogen-bond donors (Lipinski definition) is 1. The summed E-state index contributed by atoms with van der Waals surface area (Å²) in [5.74, 6) is -0.00330. The molecule has 140 valence electrons. The predicted molar refractivity (Wildman–Crippen MR) is 106 cm³/mol. The number of nitrogens with zero attached hydrogens (tertiary/aromatic N) is 1. The minimum Gasteiger partial charge on any atom is -0.494 e. The SMILES string of the molecule is CCOc1cccc(C(=O)Nc2nc3ccc(C(=O)OC(C)C)cc3s2)c1. The van der Waals surface area contributed by atoms with Crippen LogP contribution < -0.4 is 10.1 Å². The number of ether oxygens (including phenoxy) is 2. The maximum Gasteiger partial charge on any atom is 0.338 e. The number of benzene rings is 2. The molecule has 27 heavy (non-hydrogen) atoms. The highest BCUT2D eigenvalue weighted by Gasteiger charge is 2.14. The summed E-state index contributed by atoms with van der Waals surface area (Å²) in [6, 6.07) is 12.1. The normalized spacial score (nSPS) is 10.8. The molecule has 3 rings (SSSR count). The fourth-order valence-corrected chi connectivity index (χ4v) is 3.35. The lowest BCUT2D eigenvalue weighted by Gasteiger charge is -2.07. The number of thiazole rings is 1. The molecule has 0 aliphatic rings. The summed E-state index contributed by atoms with van der Waals surface area (Å²) in [5, 5.41) is 3.26. The Bertz CT molecular complexity index is 981. The topological polar surface area (TPSA) is 77.5 Å². The van der Waals surface area contributed by atoms with Crippen molar-refractivity contribution in [3.8, 4) is 5.75 Å². The molecule has 0 atom stereocenters. The number of nitrogens with one attached hydrogen (secondary N) is 1. The molecule has 7 heteroatoms. The molecule has 0 fully saturated rings. The van der Waals surface area contributed by atoms with Crippen LogP contribution in [0.4, 0.5) is 5.13 Å². The van der Waals surface area contributed by atoms with E-state index >= 15 is 0 Å². The zero-order valence-corrected chi connectivity index (χ0v) is 16.1. The number of anilines is 1. The molecule has 1 N–H and O–H groups in total. The van der Waals surface area contributed by atoms with Gasteiger partial charge in [-0.1, -0.05) is 17.4 Å². The Morgan fingerprint density at radius 2 is 1.96 bits per heavy atom. The number of fused-ring (bicyclic) bond motifs is 1. The summed E-state index contributed by atoms with van der Waals surface area (Å²) in [6.07, 6.45) is -0.183. The number of rotatable bonds is 6. The molecular weight excluding hydrogens is 364 g/mol. The third kappa shape index (κ3) is 4.62. The van der Waals surface area contributed by atoms with Crippen LogP contribution >= 0.6 is 11.3 Å². The molecule has 1 amide bonds. The maximum atomic E-state index is 12.5. The van der Waals surface area contributed by atoms with Crippen molar-refractivity contribution in [3.05, 3.63) is 53.6 Å². The first-order chi connectivity index (χ1) is 13.0. The van der Waals surface area contributed by atoms with Gasteiger partial charge in [0.2, 0.25) is 0 Å². The van der Waals surface area contributed by atoms with Gasteiger partial charge in [-0.3, -0.25) is 10.1 Å². The summed E-state index contributed by atoms with van der Waals surface area (Å²) in [6.45, 7) is 6.03. The summed E-state index contributed by atoms with van der Waals surface area (Å²) in [5.41, 5.74) is 1.66. The van der Waals surface area contributed by atoms with Gasteiger partial charge in [0.15, 0.2) is 5.13 Å². The number of carbonyl (C=O) groups is 2. The second-order valence-electron chi connectivity index (χ2n) is 6.07. The molecule has 0 aliphatic heterocycles. The van der Waals surface area contributed by atoms with E-state index in [1.807, 2.05) is 6.92 Å². The quantitative estimate of drug-likeness (QED) is 0.633. The van der Waals surface area contributed by atoms with Crippen molar-refractivity contribution in [1.29, 1.82) is 0 Å².